The molecule has 1 saturated heterocycles. The van der Waals surface area contributed by atoms with Gasteiger partial charge in [0.25, 0.3) is 5.91 Å². The normalized spacial score (nSPS) is 14.7. The van der Waals surface area contributed by atoms with Crippen LogP contribution in [-0.4, -0.2) is 48.2 Å². The number of oxazole rings is 1. The summed E-state index contributed by atoms with van der Waals surface area (Å²) in [6.07, 6.45) is -3.80. The molecule has 0 saturated carbocycles. The molecule has 8 nitrogen and oxygen atoms in total. The van der Waals surface area contributed by atoms with Crippen LogP contribution in [0.4, 0.5) is 22.0 Å². The number of amides is 2. The molecular weight excluding hydrogens is 597 g/mol. The van der Waals surface area contributed by atoms with Crippen LogP contribution in [0.25, 0.3) is 11.3 Å². The van der Waals surface area contributed by atoms with Crippen molar-refractivity contribution in [1.82, 2.24) is 15.2 Å². The Morgan fingerprint density at radius 3 is 2.44 bits per heavy atom. The molecule has 0 unspecified atom stereocenters. The Labute approximate surface area is 227 Å². The lowest BCUT2D eigenvalue weighted by molar-refractivity contribution is -0.274. The molecule has 1 aliphatic heterocycles. The lowest BCUT2D eigenvalue weighted by Crippen LogP contribution is -2.41. The van der Waals surface area contributed by atoms with Crippen molar-refractivity contribution in [3.8, 4) is 22.8 Å². The van der Waals surface area contributed by atoms with E-state index in [1.807, 2.05) is 11.9 Å². The molecule has 0 atom stereocenters. The molecule has 1 aliphatic rings. The first-order chi connectivity index (χ1) is 18.4. The van der Waals surface area contributed by atoms with Crippen molar-refractivity contribution in [3.63, 3.8) is 0 Å². The number of nitrogens with zero attached hydrogens (tertiary/aromatic N) is 2. The maximum Gasteiger partial charge on any atom is 0.573 e. The third-order valence-corrected chi connectivity index (χ3v) is 6.49. The second-order valence-electron chi connectivity index (χ2n) is 8.72. The van der Waals surface area contributed by atoms with Crippen LogP contribution in [0, 0.1) is 17.6 Å². The zero-order valence-corrected chi connectivity index (χ0v) is 21.9. The number of nitrogens with one attached hydrogen (secondary N) is 1. The van der Waals surface area contributed by atoms with E-state index >= 15 is 4.39 Å². The molecular formula is C25H21BrF5N3O5. The summed E-state index contributed by atoms with van der Waals surface area (Å²) in [5.41, 5.74) is -0.365. The first kappa shape index (κ1) is 28.5. The van der Waals surface area contributed by atoms with E-state index < -0.39 is 59.4 Å². The van der Waals surface area contributed by atoms with Crippen LogP contribution in [0.5, 0.6) is 11.5 Å². The summed E-state index contributed by atoms with van der Waals surface area (Å²) in [4.78, 5) is 31.2. The summed E-state index contributed by atoms with van der Waals surface area (Å²) in [5, 5.41) is 2.07. The Morgan fingerprint density at radius 2 is 1.79 bits per heavy atom. The van der Waals surface area contributed by atoms with Crippen LogP contribution in [0.2, 0.25) is 0 Å². The zero-order chi connectivity index (χ0) is 28.3. The van der Waals surface area contributed by atoms with Crippen molar-refractivity contribution in [2.75, 3.05) is 20.1 Å². The SMILES string of the molecule is CN1CCC(C(=O)NC(=O)c2c(F)ccc(OCc3nc(-c4ccc(OC(F)(F)F)cc4)c(Br)o3)c2F)CC1. The molecule has 1 N–H and O–H groups in total. The lowest BCUT2D eigenvalue weighted by Gasteiger charge is -2.27. The number of halogens is 6. The molecule has 1 fully saturated rings. The molecule has 2 aromatic carbocycles. The van der Waals surface area contributed by atoms with Crippen molar-refractivity contribution in [2.45, 2.75) is 25.8 Å². The number of aromatic nitrogens is 1. The maximum absolute atomic E-state index is 15.0. The highest BCUT2D eigenvalue weighted by Crippen LogP contribution is 2.32. The van der Waals surface area contributed by atoms with E-state index in [2.05, 4.69) is 31.0 Å². The predicted molar refractivity (Wildman–Crippen MR) is 130 cm³/mol. The summed E-state index contributed by atoms with van der Waals surface area (Å²) < 4.78 is 81.2. The summed E-state index contributed by atoms with van der Waals surface area (Å²) in [5.74, 6) is -5.72. The summed E-state index contributed by atoms with van der Waals surface area (Å²) in [7, 11) is 1.90. The largest absolute Gasteiger partial charge is 0.573 e. The van der Waals surface area contributed by atoms with E-state index in [9.17, 15) is 27.2 Å². The number of hydrogen-bond donors (Lipinski definition) is 1. The van der Waals surface area contributed by atoms with Crippen molar-refractivity contribution in [3.05, 3.63) is 64.2 Å². The molecule has 2 amide bonds. The number of likely N-dealkylation sites (tertiary alicyclic amines) is 1. The summed E-state index contributed by atoms with van der Waals surface area (Å²) in [6, 6.07) is 6.64. The monoisotopic (exact) mass is 617 g/mol. The first-order valence-electron chi connectivity index (χ1n) is 11.6. The van der Waals surface area contributed by atoms with Gasteiger partial charge < -0.3 is 18.8 Å². The van der Waals surface area contributed by atoms with Gasteiger partial charge in [-0.25, -0.2) is 13.8 Å². The fourth-order valence-electron chi connectivity index (χ4n) is 3.94. The van der Waals surface area contributed by atoms with E-state index in [0.29, 0.717) is 31.5 Å². The Morgan fingerprint density at radius 1 is 1.13 bits per heavy atom. The molecule has 3 aromatic rings. The molecule has 0 spiro atoms. The van der Waals surface area contributed by atoms with E-state index in [0.717, 1.165) is 24.3 Å². The molecule has 39 heavy (non-hydrogen) atoms. The Kier molecular flexibility index (Phi) is 8.54. The highest BCUT2D eigenvalue weighted by molar-refractivity contribution is 9.10. The van der Waals surface area contributed by atoms with Crippen LogP contribution in [-0.2, 0) is 11.4 Å². The van der Waals surface area contributed by atoms with Crippen LogP contribution in [0.15, 0.2) is 45.5 Å². The maximum atomic E-state index is 15.0. The topological polar surface area (TPSA) is 93.9 Å². The van der Waals surface area contributed by atoms with E-state index in [1.165, 1.54) is 12.1 Å². The van der Waals surface area contributed by atoms with Gasteiger partial charge in [0.1, 0.15) is 22.8 Å². The van der Waals surface area contributed by atoms with Gasteiger partial charge in [-0.3, -0.25) is 14.9 Å². The first-order valence-corrected chi connectivity index (χ1v) is 12.4. The van der Waals surface area contributed by atoms with Crippen molar-refractivity contribution in [2.24, 2.45) is 5.92 Å². The van der Waals surface area contributed by atoms with E-state index in [4.69, 9.17) is 9.15 Å². The van der Waals surface area contributed by atoms with Gasteiger partial charge in [-0.15, -0.1) is 13.2 Å². The second kappa shape index (κ2) is 11.7. The standard InChI is InChI=1S/C25H21BrF5N3O5/c1-34-10-8-14(9-11-34)23(35)33-24(36)19-16(27)6-7-17(20(19)28)37-12-18-32-21(22(26)38-18)13-2-4-15(5-3-13)39-25(29,30)31/h2-7,14H,8-12H2,1H3,(H,33,35,36). The van der Waals surface area contributed by atoms with Crippen LogP contribution in [0.3, 0.4) is 0 Å². The molecule has 2 heterocycles. The van der Waals surface area contributed by atoms with E-state index in [1.54, 1.807) is 0 Å². The molecule has 1 aromatic heterocycles. The third kappa shape index (κ3) is 7.12. The number of hydrogen-bond acceptors (Lipinski definition) is 7. The molecule has 0 radical (unpaired) electrons. The minimum Gasteiger partial charge on any atom is -0.481 e. The fourth-order valence-corrected chi connectivity index (χ4v) is 4.44. The van der Waals surface area contributed by atoms with Crippen molar-refractivity contribution in [1.29, 1.82) is 0 Å². The molecule has 0 bridgehead atoms. The number of carbonyl (C=O) groups excluding carboxylic acids is 2. The van der Waals surface area contributed by atoms with Gasteiger partial charge >= 0.3 is 6.36 Å². The smallest absolute Gasteiger partial charge is 0.481 e. The number of ether oxygens (including phenoxy) is 2. The lowest BCUT2D eigenvalue weighted by atomic mass is 9.96. The summed E-state index contributed by atoms with van der Waals surface area (Å²) in [6.45, 7) is 0.884. The van der Waals surface area contributed by atoms with Crippen molar-refractivity contribution >= 4 is 27.7 Å². The van der Waals surface area contributed by atoms with Gasteiger partial charge in [0.15, 0.2) is 22.8 Å². The molecule has 14 heteroatoms. The van der Waals surface area contributed by atoms with Gasteiger partial charge in [-0.1, -0.05) is 0 Å². The number of rotatable bonds is 7. The quantitative estimate of drug-likeness (QED) is 0.278. The average molecular weight is 618 g/mol. The van der Waals surface area contributed by atoms with Crippen LogP contribution in [0.1, 0.15) is 29.1 Å². The number of alkyl halides is 3. The minimum absolute atomic E-state index is 0.0559. The van der Waals surface area contributed by atoms with E-state index in [-0.39, 0.29) is 16.3 Å². The number of piperidine rings is 1. The number of benzene rings is 2. The molecule has 0 aliphatic carbocycles. The highest BCUT2D eigenvalue weighted by Gasteiger charge is 2.31. The second-order valence-corrected chi connectivity index (χ2v) is 9.44. The van der Waals surface area contributed by atoms with Crippen LogP contribution < -0.4 is 14.8 Å². The third-order valence-electron chi connectivity index (χ3n) is 5.95. The number of carbonyl (C=O) groups is 2. The number of imide groups is 1. The molecule has 208 valence electrons. The van der Waals surface area contributed by atoms with Crippen LogP contribution >= 0.6 is 15.9 Å². The average Bonchev–Trinajstić information content (AvgIpc) is 3.23. The predicted octanol–water partition coefficient (Wildman–Crippen LogP) is 5.46. The zero-order valence-electron chi connectivity index (χ0n) is 20.3. The van der Waals surface area contributed by atoms with Gasteiger partial charge in [0.05, 0.1) is 0 Å². The minimum atomic E-state index is -4.83. The van der Waals surface area contributed by atoms with Gasteiger partial charge in [0.2, 0.25) is 11.8 Å². The molecule has 4 rings (SSSR count). The fraction of sp³-hybridized carbons (Fsp3) is 0.320. The van der Waals surface area contributed by atoms with Gasteiger partial charge in [-0.05, 0) is 85.3 Å². The Bertz CT molecular complexity index is 1360. The van der Waals surface area contributed by atoms with Gasteiger partial charge in [-0.2, -0.15) is 0 Å². The van der Waals surface area contributed by atoms with Crippen molar-refractivity contribution < 1.29 is 45.4 Å². The highest BCUT2D eigenvalue weighted by atomic mass is 79.9. The Hall–Kier alpha value is -3.52. The van der Waals surface area contributed by atoms with Gasteiger partial charge in [0, 0.05) is 11.5 Å². The Balaban J connectivity index is 1.43. The summed E-state index contributed by atoms with van der Waals surface area (Å²) >= 11 is 3.15.